The molecule has 1 aliphatic carbocycles. The fourth-order valence-corrected chi connectivity index (χ4v) is 6.47. The number of nitrogens with zero attached hydrogens (tertiary/aromatic N) is 3. The van der Waals surface area contributed by atoms with Crippen LogP contribution in [0.2, 0.25) is 0 Å². The number of carbonyl (C=O) groups is 1. The molecular weight excluding hydrogens is 559 g/mol. The zero-order valence-corrected chi connectivity index (χ0v) is 23.4. The van der Waals surface area contributed by atoms with E-state index in [1.165, 1.54) is 34.9 Å². The van der Waals surface area contributed by atoms with E-state index in [0.29, 0.717) is 35.1 Å². The van der Waals surface area contributed by atoms with Crippen molar-refractivity contribution in [2.24, 2.45) is 11.7 Å². The third-order valence-electron chi connectivity index (χ3n) is 7.39. The van der Waals surface area contributed by atoms with Gasteiger partial charge in [-0.3, -0.25) is 14.2 Å². The Morgan fingerprint density at radius 2 is 1.88 bits per heavy atom. The van der Waals surface area contributed by atoms with Gasteiger partial charge in [-0.05, 0) is 78.3 Å². The second-order valence-corrected chi connectivity index (χ2v) is 12.1. The van der Waals surface area contributed by atoms with Crippen molar-refractivity contribution in [3.8, 4) is 23.1 Å². The second kappa shape index (κ2) is 11.2. The van der Waals surface area contributed by atoms with Gasteiger partial charge >= 0.3 is 0 Å². The third kappa shape index (κ3) is 5.41. The van der Waals surface area contributed by atoms with Crippen molar-refractivity contribution < 1.29 is 22.7 Å². The summed E-state index contributed by atoms with van der Waals surface area (Å²) in [6.07, 6.45) is 2.69. The topological polar surface area (TPSA) is 156 Å². The van der Waals surface area contributed by atoms with Gasteiger partial charge in [-0.2, -0.15) is 10.2 Å². The maximum absolute atomic E-state index is 13.8. The van der Waals surface area contributed by atoms with Crippen LogP contribution in [0.25, 0.3) is 11.1 Å². The van der Waals surface area contributed by atoms with Crippen molar-refractivity contribution in [1.82, 2.24) is 9.55 Å². The molecule has 1 unspecified atom stereocenters. The Hall–Kier alpha value is -4.82. The Bertz CT molecular complexity index is 1910. The number of rotatable bonds is 9. The van der Waals surface area contributed by atoms with Crippen LogP contribution in [0.5, 0.6) is 5.88 Å². The van der Waals surface area contributed by atoms with Crippen LogP contribution >= 0.6 is 0 Å². The van der Waals surface area contributed by atoms with Gasteiger partial charge in [0.05, 0.1) is 22.6 Å². The molecule has 1 saturated carbocycles. The molecule has 0 aliphatic heterocycles. The van der Waals surface area contributed by atoms with Gasteiger partial charge in [0.15, 0.2) is 4.90 Å². The highest BCUT2D eigenvalue weighted by molar-refractivity contribution is 7.91. The van der Waals surface area contributed by atoms with Gasteiger partial charge in [0.25, 0.3) is 5.56 Å². The highest BCUT2D eigenvalue weighted by Crippen LogP contribution is 2.37. The van der Waals surface area contributed by atoms with E-state index in [0.717, 1.165) is 25.0 Å². The highest BCUT2D eigenvalue weighted by Gasteiger charge is 2.34. The van der Waals surface area contributed by atoms with Gasteiger partial charge in [-0.15, -0.1) is 0 Å². The summed E-state index contributed by atoms with van der Waals surface area (Å²) in [5.41, 5.74) is 6.00. The lowest BCUT2D eigenvalue weighted by molar-refractivity contribution is 0.100. The first kappa shape index (κ1) is 28.7. The number of aromatic hydroxyl groups is 1. The lowest BCUT2D eigenvalue weighted by atomic mass is 9.99. The predicted molar refractivity (Wildman–Crippen MR) is 152 cm³/mol. The summed E-state index contributed by atoms with van der Waals surface area (Å²) in [5, 5.41) is 20.9. The Kier molecular flexibility index (Phi) is 7.67. The van der Waals surface area contributed by atoms with Gasteiger partial charge in [0.1, 0.15) is 11.6 Å². The molecule has 0 spiro atoms. The molecule has 1 aromatic heterocycles. The highest BCUT2D eigenvalue weighted by atomic mass is 32.2. The standard InChI is InChI=1S/C31H27FN4O5S/c1-2-26(21-5-3-4-19(14-21)17-33)36-27(15-18-6-7-18)35-30(38)28(31(36)39)42(40,41)23-11-8-20(9-12-23)24-13-10-22(32)16-25(24)29(34)37/h3-5,8-14,16,18,26,39H,2,6-7,15H2,1H3,(H2,34,37). The summed E-state index contributed by atoms with van der Waals surface area (Å²) >= 11 is 0. The smallest absolute Gasteiger partial charge is 0.296 e. The molecule has 3 N–H and O–H groups in total. The number of nitriles is 1. The summed E-state index contributed by atoms with van der Waals surface area (Å²) in [5.74, 6) is -1.68. The number of hydrogen-bond acceptors (Lipinski definition) is 7. The number of sulfone groups is 1. The third-order valence-corrected chi connectivity index (χ3v) is 9.18. The van der Waals surface area contributed by atoms with Crippen LogP contribution in [-0.4, -0.2) is 29.0 Å². The summed E-state index contributed by atoms with van der Waals surface area (Å²) < 4.78 is 42.7. The minimum atomic E-state index is -4.57. The van der Waals surface area contributed by atoms with Gasteiger partial charge in [0.2, 0.25) is 21.6 Å². The minimum Gasteiger partial charge on any atom is -0.493 e. The molecule has 214 valence electrons. The van der Waals surface area contributed by atoms with Crippen molar-refractivity contribution in [1.29, 1.82) is 5.26 Å². The summed E-state index contributed by atoms with van der Waals surface area (Å²) in [6, 6.07) is 17.0. The molecule has 0 radical (unpaired) electrons. The van der Waals surface area contributed by atoms with Crippen molar-refractivity contribution in [3.05, 3.63) is 105 Å². The monoisotopic (exact) mass is 586 g/mol. The lowest BCUT2D eigenvalue weighted by Gasteiger charge is -2.25. The number of nitrogens with two attached hydrogens (primary N) is 1. The molecule has 11 heteroatoms. The summed E-state index contributed by atoms with van der Waals surface area (Å²) in [4.78, 5) is 28.1. The second-order valence-electron chi connectivity index (χ2n) is 10.2. The van der Waals surface area contributed by atoms with Crippen LogP contribution in [0.4, 0.5) is 4.39 Å². The number of aromatic nitrogens is 2. The van der Waals surface area contributed by atoms with Crippen molar-refractivity contribution in [2.45, 2.75) is 48.4 Å². The van der Waals surface area contributed by atoms with E-state index in [1.807, 2.05) is 6.92 Å². The van der Waals surface area contributed by atoms with Crippen LogP contribution in [0.15, 0.2) is 81.3 Å². The fraction of sp³-hybridized carbons (Fsp3) is 0.226. The lowest BCUT2D eigenvalue weighted by Crippen LogP contribution is -2.27. The first-order valence-electron chi connectivity index (χ1n) is 13.3. The molecule has 9 nitrogen and oxygen atoms in total. The minimum absolute atomic E-state index is 0.0762. The molecule has 0 bridgehead atoms. The maximum atomic E-state index is 13.8. The maximum Gasteiger partial charge on any atom is 0.296 e. The Labute approximate surface area is 241 Å². The number of amides is 1. The van der Waals surface area contributed by atoms with E-state index >= 15 is 0 Å². The molecule has 3 aromatic carbocycles. The Balaban J connectivity index is 1.63. The molecule has 1 amide bonds. The molecule has 1 fully saturated rings. The van der Waals surface area contributed by atoms with Crippen molar-refractivity contribution >= 4 is 15.7 Å². The van der Waals surface area contributed by atoms with Crippen LogP contribution in [-0.2, 0) is 16.3 Å². The van der Waals surface area contributed by atoms with Gasteiger partial charge in [-0.25, -0.2) is 12.8 Å². The van der Waals surface area contributed by atoms with E-state index in [-0.39, 0.29) is 22.2 Å². The first-order valence-corrected chi connectivity index (χ1v) is 14.8. The number of carbonyl (C=O) groups excluding carboxylic acids is 1. The van der Waals surface area contributed by atoms with Crippen LogP contribution < -0.4 is 11.3 Å². The van der Waals surface area contributed by atoms with Gasteiger partial charge in [0, 0.05) is 12.0 Å². The van der Waals surface area contributed by atoms with E-state index in [9.17, 15) is 32.8 Å². The zero-order chi connectivity index (χ0) is 30.2. The Morgan fingerprint density at radius 3 is 2.50 bits per heavy atom. The molecule has 1 atom stereocenters. The average Bonchev–Trinajstić information content (AvgIpc) is 3.79. The molecular formula is C31H27FN4O5S. The van der Waals surface area contributed by atoms with Crippen LogP contribution in [0, 0.1) is 23.1 Å². The van der Waals surface area contributed by atoms with E-state index in [4.69, 9.17) is 5.73 Å². The van der Waals surface area contributed by atoms with Crippen LogP contribution in [0.3, 0.4) is 0 Å². The van der Waals surface area contributed by atoms with E-state index < -0.39 is 43.9 Å². The van der Waals surface area contributed by atoms with Crippen LogP contribution in [0.1, 0.15) is 59.5 Å². The summed E-state index contributed by atoms with van der Waals surface area (Å²) in [7, 11) is -4.57. The molecule has 0 saturated heterocycles. The largest absolute Gasteiger partial charge is 0.493 e. The fourth-order valence-electron chi connectivity index (χ4n) is 5.12. The SMILES string of the molecule is CCC(c1cccc(C#N)c1)n1c(CC2CC2)nc(=O)c(S(=O)(=O)c2ccc(-c3ccc(F)cc3C(N)=O)cc2)c1O. The Morgan fingerprint density at radius 1 is 1.17 bits per heavy atom. The summed E-state index contributed by atoms with van der Waals surface area (Å²) in [6.45, 7) is 1.85. The number of benzene rings is 3. The first-order chi connectivity index (χ1) is 20.0. The molecule has 5 rings (SSSR count). The number of primary amides is 1. The molecule has 1 heterocycles. The molecule has 4 aromatic rings. The quantitative estimate of drug-likeness (QED) is 0.292. The number of hydrogen-bond donors (Lipinski definition) is 2. The normalized spacial score (nSPS) is 13.8. The predicted octanol–water partition coefficient (Wildman–Crippen LogP) is 4.51. The van der Waals surface area contributed by atoms with E-state index in [1.54, 1.807) is 24.3 Å². The van der Waals surface area contributed by atoms with Gasteiger partial charge in [-0.1, -0.05) is 37.3 Å². The number of halogens is 1. The molecule has 42 heavy (non-hydrogen) atoms. The molecule has 1 aliphatic rings. The van der Waals surface area contributed by atoms with Crippen molar-refractivity contribution in [2.75, 3.05) is 0 Å². The average molecular weight is 587 g/mol. The van der Waals surface area contributed by atoms with E-state index in [2.05, 4.69) is 11.1 Å². The van der Waals surface area contributed by atoms with Gasteiger partial charge < -0.3 is 10.8 Å². The zero-order valence-electron chi connectivity index (χ0n) is 22.6. The van der Waals surface area contributed by atoms with Crippen molar-refractivity contribution in [3.63, 3.8) is 0 Å².